The van der Waals surface area contributed by atoms with Crippen molar-refractivity contribution in [1.82, 2.24) is 10.3 Å². The molecule has 0 aliphatic heterocycles. The molecule has 0 amide bonds. The Balaban J connectivity index is 1.90. The summed E-state index contributed by atoms with van der Waals surface area (Å²) in [6, 6.07) is 5.22. The van der Waals surface area contributed by atoms with Crippen molar-refractivity contribution in [3.05, 3.63) is 51.0 Å². The van der Waals surface area contributed by atoms with Gasteiger partial charge in [-0.05, 0) is 31.5 Å². The van der Waals surface area contributed by atoms with E-state index in [1.165, 1.54) is 12.1 Å². The van der Waals surface area contributed by atoms with Crippen LogP contribution in [0.5, 0.6) is 0 Å². The summed E-state index contributed by atoms with van der Waals surface area (Å²) in [7, 11) is 0. The van der Waals surface area contributed by atoms with E-state index in [1.807, 2.05) is 13.8 Å². The molecule has 0 saturated carbocycles. The first kappa shape index (κ1) is 15.0. The molecule has 1 N–H and O–H groups in total. The van der Waals surface area contributed by atoms with Gasteiger partial charge in [0.2, 0.25) is 0 Å². The van der Waals surface area contributed by atoms with E-state index >= 15 is 0 Å². The van der Waals surface area contributed by atoms with Gasteiger partial charge in [0.05, 0.1) is 16.3 Å². The number of alkyl halides is 3. The number of hydrogen-bond donors (Lipinski definition) is 1. The van der Waals surface area contributed by atoms with Crippen LogP contribution in [0.25, 0.3) is 0 Å². The quantitative estimate of drug-likeness (QED) is 0.920. The monoisotopic (exact) mass is 300 g/mol. The van der Waals surface area contributed by atoms with E-state index in [0.29, 0.717) is 13.1 Å². The molecule has 2 nitrogen and oxygen atoms in total. The summed E-state index contributed by atoms with van der Waals surface area (Å²) < 4.78 is 37.3. The molecule has 0 unspecified atom stereocenters. The van der Waals surface area contributed by atoms with Gasteiger partial charge in [-0.1, -0.05) is 12.1 Å². The van der Waals surface area contributed by atoms with Gasteiger partial charge in [0.25, 0.3) is 0 Å². The van der Waals surface area contributed by atoms with Crippen LogP contribution in [0.2, 0.25) is 0 Å². The van der Waals surface area contributed by atoms with E-state index in [1.54, 1.807) is 11.3 Å². The highest BCUT2D eigenvalue weighted by Gasteiger charge is 2.29. The standard InChI is InChI=1S/C14H15F3N2S/c1-9-13(20-10(2)19-9)8-18-7-11-3-5-12(6-4-11)14(15,16)17/h3-6,18H,7-8H2,1-2H3. The molecule has 0 aliphatic carbocycles. The van der Waals surface area contributed by atoms with E-state index in [4.69, 9.17) is 0 Å². The number of thiazole rings is 1. The van der Waals surface area contributed by atoms with Crippen LogP contribution in [0.15, 0.2) is 24.3 Å². The zero-order chi connectivity index (χ0) is 14.8. The molecule has 0 bridgehead atoms. The van der Waals surface area contributed by atoms with Gasteiger partial charge in [-0.15, -0.1) is 11.3 Å². The molecular weight excluding hydrogens is 285 g/mol. The fourth-order valence-electron chi connectivity index (χ4n) is 1.87. The lowest BCUT2D eigenvalue weighted by Crippen LogP contribution is -2.13. The highest BCUT2D eigenvalue weighted by atomic mass is 32.1. The van der Waals surface area contributed by atoms with Crippen molar-refractivity contribution < 1.29 is 13.2 Å². The van der Waals surface area contributed by atoms with Crippen LogP contribution >= 0.6 is 11.3 Å². The second-order valence-electron chi connectivity index (χ2n) is 4.54. The molecule has 0 aliphatic rings. The molecule has 108 valence electrons. The van der Waals surface area contributed by atoms with Gasteiger partial charge in [0.1, 0.15) is 0 Å². The van der Waals surface area contributed by atoms with Crippen LogP contribution in [-0.4, -0.2) is 4.98 Å². The number of hydrogen-bond acceptors (Lipinski definition) is 3. The first-order chi connectivity index (χ1) is 9.36. The minimum Gasteiger partial charge on any atom is -0.308 e. The van der Waals surface area contributed by atoms with Crippen LogP contribution < -0.4 is 5.32 Å². The van der Waals surface area contributed by atoms with E-state index < -0.39 is 11.7 Å². The van der Waals surface area contributed by atoms with Crippen molar-refractivity contribution in [2.75, 3.05) is 0 Å². The van der Waals surface area contributed by atoms with Crippen LogP contribution in [0.4, 0.5) is 13.2 Å². The maximum atomic E-state index is 12.4. The smallest absolute Gasteiger partial charge is 0.308 e. The van der Waals surface area contributed by atoms with Crippen LogP contribution in [-0.2, 0) is 19.3 Å². The summed E-state index contributed by atoms with van der Waals surface area (Å²) in [5.41, 5.74) is 1.22. The number of nitrogens with zero attached hydrogens (tertiary/aromatic N) is 1. The number of rotatable bonds is 4. The third kappa shape index (κ3) is 3.80. The summed E-state index contributed by atoms with van der Waals surface area (Å²) in [6.07, 6.45) is -4.27. The van der Waals surface area contributed by atoms with Crippen LogP contribution in [0.1, 0.15) is 26.7 Å². The molecule has 1 heterocycles. The van der Waals surface area contributed by atoms with Crippen molar-refractivity contribution in [3.63, 3.8) is 0 Å². The minimum absolute atomic E-state index is 0.536. The van der Waals surface area contributed by atoms with Crippen molar-refractivity contribution in [2.24, 2.45) is 0 Å². The van der Waals surface area contributed by atoms with E-state index in [2.05, 4.69) is 10.3 Å². The van der Waals surface area contributed by atoms with E-state index in [0.717, 1.165) is 33.3 Å². The second-order valence-corrected chi connectivity index (χ2v) is 5.83. The average Bonchev–Trinajstić information content (AvgIpc) is 2.67. The molecule has 20 heavy (non-hydrogen) atoms. The Bertz CT molecular complexity index is 573. The Hall–Kier alpha value is -1.40. The summed E-state index contributed by atoms with van der Waals surface area (Å²) in [4.78, 5) is 5.49. The lowest BCUT2D eigenvalue weighted by Gasteiger charge is -2.08. The lowest BCUT2D eigenvalue weighted by atomic mass is 10.1. The fraction of sp³-hybridized carbons (Fsp3) is 0.357. The Morgan fingerprint density at radius 3 is 2.25 bits per heavy atom. The topological polar surface area (TPSA) is 24.9 Å². The summed E-state index contributed by atoms with van der Waals surface area (Å²) >= 11 is 1.63. The van der Waals surface area contributed by atoms with Gasteiger partial charge >= 0.3 is 6.18 Å². The molecule has 0 spiro atoms. The van der Waals surface area contributed by atoms with Crippen molar-refractivity contribution in [2.45, 2.75) is 33.1 Å². The first-order valence-corrected chi connectivity index (χ1v) is 6.97. The fourth-order valence-corrected chi connectivity index (χ4v) is 2.78. The molecule has 6 heteroatoms. The predicted molar refractivity (Wildman–Crippen MR) is 73.6 cm³/mol. The van der Waals surface area contributed by atoms with Crippen LogP contribution in [0.3, 0.4) is 0 Å². The SMILES string of the molecule is Cc1nc(C)c(CNCc2ccc(C(F)(F)F)cc2)s1. The van der Waals surface area contributed by atoms with Crippen LogP contribution in [0, 0.1) is 13.8 Å². The van der Waals surface area contributed by atoms with Gasteiger partial charge < -0.3 is 5.32 Å². The maximum absolute atomic E-state index is 12.4. The average molecular weight is 300 g/mol. The highest BCUT2D eigenvalue weighted by molar-refractivity contribution is 7.11. The third-order valence-corrected chi connectivity index (χ3v) is 3.97. The lowest BCUT2D eigenvalue weighted by molar-refractivity contribution is -0.137. The third-order valence-electron chi connectivity index (χ3n) is 2.90. The zero-order valence-electron chi connectivity index (χ0n) is 11.2. The molecule has 2 rings (SSSR count). The molecule has 1 aromatic carbocycles. The molecule has 0 saturated heterocycles. The molecule has 0 radical (unpaired) electrons. The molecule has 2 aromatic rings. The van der Waals surface area contributed by atoms with E-state index in [-0.39, 0.29) is 0 Å². The predicted octanol–water partition coefficient (Wildman–Crippen LogP) is 4.07. The Morgan fingerprint density at radius 1 is 1.10 bits per heavy atom. The maximum Gasteiger partial charge on any atom is 0.416 e. The number of aryl methyl sites for hydroxylation is 2. The summed E-state index contributed by atoms with van der Waals surface area (Å²) in [6.45, 7) is 5.13. The van der Waals surface area contributed by atoms with Crippen molar-refractivity contribution in [1.29, 1.82) is 0 Å². The Morgan fingerprint density at radius 2 is 1.75 bits per heavy atom. The zero-order valence-corrected chi connectivity index (χ0v) is 12.0. The van der Waals surface area contributed by atoms with Gasteiger partial charge in [-0.25, -0.2) is 4.98 Å². The number of halogens is 3. The minimum atomic E-state index is -4.27. The van der Waals surface area contributed by atoms with Crippen molar-refractivity contribution >= 4 is 11.3 Å². The Labute approximate surface area is 119 Å². The van der Waals surface area contributed by atoms with Gasteiger partial charge in [-0.2, -0.15) is 13.2 Å². The number of aromatic nitrogens is 1. The highest BCUT2D eigenvalue weighted by Crippen LogP contribution is 2.29. The molecule has 0 atom stereocenters. The van der Waals surface area contributed by atoms with Gasteiger partial charge in [0, 0.05) is 18.0 Å². The summed E-state index contributed by atoms with van der Waals surface area (Å²) in [5.74, 6) is 0. The molecular formula is C14H15F3N2S. The first-order valence-electron chi connectivity index (χ1n) is 6.16. The Kier molecular flexibility index (Phi) is 4.45. The molecule has 0 fully saturated rings. The van der Waals surface area contributed by atoms with E-state index in [9.17, 15) is 13.2 Å². The van der Waals surface area contributed by atoms with Gasteiger partial charge in [0.15, 0.2) is 0 Å². The normalized spacial score (nSPS) is 11.8. The summed E-state index contributed by atoms with van der Waals surface area (Å²) in [5, 5.41) is 4.24. The van der Waals surface area contributed by atoms with Gasteiger partial charge in [-0.3, -0.25) is 0 Å². The largest absolute Gasteiger partial charge is 0.416 e. The molecule has 1 aromatic heterocycles. The van der Waals surface area contributed by atoms with Crippen molar-refractivity contribution in [3.8, 4) is 0 Å². The number of nitrogens with one attached hydrogen (secondary N) is 1. The number of benzene rings is 1. The second kappa shape index (κ2) is 5.93.